The molecule has 0 bridgehead atoms. The van der Waals surface area contributed by atoms with E-state index in [1.54, 1.807) is 0 Å². The van der Waals surface area contributed by atoms with Gasteiger partial charge in [-0.3, -0.25) is 0 Å². The smallest absolute Gasteiger partial charge is 0.0371 e. The summed E-state index contributed by atoms with van der Waals surface area (Å²) in [5.41, 5.74) is 1.40. The molecule has 0 aliphatic carbocycles. The van der Waals surface area contributed by atoms with Crippen molar-refractivity contribution in [3.8, 4) is 0 Å². The maximum absolute atomic E-state index is 3.57. The first kappa shape index (κ1) is 10.7. The summed E-state index contributed by atoms with van der Waals surface area (Å²) < 4.78 is 0. The lowest BCUT2D eigenvalue weighted by Gasteiger charge is -2.26. The van der Waals surface area contributed by atoms with Crippen LogP contribution in [0.4, 0.5) is 0 Å². The van der Waals surface area contributed by atoms with Crippen LogP contribution in [0.15, 0.2) is 18.5 Å². The molecule has 0 amide bonds. The lowest BCUT2D eigenvalue weighted by Crippen LogP contribution is -2.29. The molecule has 1 aliphatic rings. The predicted octanol–water partition coefficient (Wildman–Crippen LogP) is 1.76. The summed E-state index contributed by atoms with van der Waals surface area (Å²) >= 11 is 0. The van der Waals surface area contributed by atoms with Crippen LogP contribution >= 0.6 is 0 Å². The molecule has 0 spiro atoms. The monoisotopic (exact) mass is 207 g/mol. The highest BCUT2D eigenvalue weighted by molar-refractivity contribution is 5.14. The normalized spacial score (nSPS) is 23.5. The van der Waals surface area contributed by atoms with E-state index in [9.17, 15) is 0 Å². The fraction of sp³-hybridized carbons (Fsp3) is 0.667. The summed E-state index contributed by atoms with van der Waals surface area (Å²) in [5, 5.41) is 3.57. The quantitative estimate of drug-likeness (QED) is 0.788. The third-order valence-electron chi connectivity index (χ3n) is 3.30. The van der Waals surface area contributed by atoms with E-state index < -0.39 is 0 Å². The highest BCUT2D eigenvalue weighted by Crippen LogP contribution is 2.25. The number of aromatic nitrogens is 1. The number of aromatic amines is 1. The Morgan fingerprint density at radius 3 is 2.93 bits per heavy atom. The molecule has 15 heavy (non-hydrogen) atoms. The Bertz CT molecular complexity index is 273. The maximum atomic E-state index is 3.57. The molecule has 3 nitrogen and oxygen atoms in total. The van der Waals surface area contributed by atoms with E-state index in [-0.39, 0.29) is 0 Å². The Labute approximate surface area is 91.9 Å². The summed E-state index contributed by atoms with van der Waals surface area (Å²) in [6, 6.07) is 3.42. The Morgan fingerprint density at radius 2 is 2.40 bits per heavy atom. The minimum absolute atomic E-state index is 0.534. The Morgan fingerprint density at radius 1 is 1.53 bits per heavy atom. The first-order chi connectivity index (χ1) is 7.27. The van der Waals surface area contributed by atoms with Gasteiger partial charge < -0.3 is 15.2 Å². The van der Waals surface area contributed by atoms with Gasteiger partial charge in [0, 0.05) is 24.5 Å². The first-order valence-electron chi connectivity index (χ1n) is 5.80. The molecule has 0 aromatic carbocycles. The largest absolute Gasteiger partial charge is 0.367 e. The van der Waals surface area contributed by atoms with Crippen LogP contribution in [0.25, 0.3) is 0 Å². The van der Waals surface area contributed by atoms with E-state index in [1.165, 1.54) is 31.4 Å². The molecule has 1 aromatic heterocycles. The standard InChI is InChI=1S/C12H21N3/c1-15(2)12(10-5-7-13-9-10)8-11-4-3-6-14-11/h5,7,9,11-14H,3-4,6,8H2,1-2H3. The summed E-state index contributed by atoms with van der Waals surface area (Å²) in [4.78, 5) is 5.45. The van der Waals surface area contributed by atoms with Crippen molar-refractivity contribution in [2.45, 2.75) is 31.3 Å². The van der Waals surface area contributed by atoms with Gasteiger partial charge in [-0.1, -0.05) is 0 Å². The van der Waals surface area contributed by atoms with Gasteiger partial charge in [0.2, 0.25) is 0 Å². The van der Waals surface area contributed by atoms with E-state index in [0.717, 1.165) is 0 Å². The molecule has 2 N–H and O–H groups in total. The molecule has 2 heterocycles. The zero-order valence-electron chi connectivity index (χ0n) is 9.66. The molecule has 2 atom stereocenters. The van der Waals surface area contributed by atoms with Gasteiger partial charge in [-0.25, -0.2) is 0 Å². The molecular formula is C12H21N3. The molecule has 3 heteroatoms. The van der Waals surface area contributed by atoms with E-state index in [4.69, 9.17) is 0 Å². The van der Waals surface area contributed by atoms with E-state index in [1.807, 2.05) is 6.20 Å². The van der Waals surface area contributed by atoms with Gasteiger partial charge in [-0.2, -0.15) is 0 Å². The van der Waals surface area contributed by atoms with Gasteiger partial charge in [0.1, 0.15) is 0 Å². The van der Waals surface area contributed by atoms with Crippen molar-refractivity contribution >= 4 is 0 Å². The number of H-pyrrole nitrogens is 1. The predicted molar refractivity (Wildman–Crippen MR) is 62.9 cm³/mol. The number of rotatable bonds is 4. The number of hydrogen-bond acceptors (Lipinski definition) is 2. The Balaban J connectivity index is 2.00. The molecule has 1 saturated heterocycles. The minimum Gasteiger partial charge on any atom is -0.367 e. The van der Waals surface area contributed by atoms with Crippen LogP contribution in [0.1, 0.15) is 30.9 Å². The highest BCUT2D eigenvalue weighted by atomic mass is 15.1. The van der Waals surface area contributed by atoms with E-state index in [2.05, 4.69) is 41.6 Å². The topological polar surface area (TPSA) is 31.1 Å². The lowest BCUT2D eigenvalue weighted by molar-refractivity contribution is 0.263. The summed E-state index contributed by atoms with van der Waals surface area (Å²) in [5.74, 6) is 0. The molecular weight excluding hydrogens is 186 g/mol. The van der Waals surface area contributed by atoms with Crippen LogP contribution in [0.3, 0.4) is 0 Å². The van der Waals surface area contributed by atoms with Gasteiger partial charge in [0.25, 0.3) is 0 Å². The average molecular weight is 207 g/mol. The van der Waals surface area contributed by atoms with Gasteiger partial charge >= 0.3 is 0 Å². The second-order valence-electron chi connectivity index (χ2n) is 4.65. The third-order valence-corrected chi connectivity index (χ3v) is 3.30. The van der Waals surface area contributed by atoms with Crippen LogP contribution in [-0.2, 0) is 0 Å². The number of hydrogen-bond donors (Lipinski definition) is 2. The summed E-state index contributed by atoms with van der Waals surface area (Å²) in [6.07, 6.45) is 7.99. The summed E-state index contributed by atoms with van der Waals surface area (Å²) in [7, 11) is 4.32. The number of nitrogens with zero attached hydrogens (tertiary/aromatic N) is 1. The second kappa shape index (κ2) is 4.81. The average Bonchev–Trinajstić information content (AvgIpc) is 2.87. The lowest BCUT2D eigenvalue weighted by atomic mass is 10.00. The Kier molecular flexibility index (Phi) is 3.44. The third kappa shape index (κ3) is 2.61. The van der Waals surface area contributed by atoms with Gasteiger partial charge in [-0.15, -0.1) is 0 Å². The fourth-order valence-corrected chi connectivity index (χ4v) is 2.42. The molecule has 1 fully saturated rings. The van der Waals surface area contributed by atoms with Crippen LogP contribution in [0, 0.1) is 0 Å². The SMILES string of the molecule is CN(C)C(CC1CCCN1)c1cc[nH]c1. The van der Waals surface area contributed by atoms with Gasteiger partial charge in [-0.05, 0) is 51.5 Å². The van der Waals surface area contributed by atoms with E-state index >= 15 is 0 Å². The van der Waals surface area contributed by atoms with Crippen molar-refractivity contribution in [1.82, 2.24) is 15.2 Å². The van der Waals surface area contributed by atoms with E-state index in [0.29, 0.717) is 12.1 Å². The molecule has 1 aliphatic heterocycles. The molecule has 2 unspecified atom stereocenters. The maximum Gasteiger partial charge on any atom is 0.0371 e. The van der Waals surface area contributed by atoms with Gasteiger partial charge in [0.15, 0.2) is 0 Å². The zero-order chi connectivity index (χ0) is 10.7. The van der Waals surface area contributed by atoms with Crippen molar-refractivity contribution in [3.63, 3.8) is 0 Å². The van der Waals surface area contributed by atoms with Crippen molar-refractivity contribution in [1.29, 1.82) is 0 Å². The van der Waals surface area contributed by atoms with Crippen LogP contribution in [0.2, 0.25) is 0 Å². The molecule has 1 aromatic rings. The first-order valence-corrected chi connectivity index (χ1v) is 5.80. The molecule has 0 radical (unpaired) electrons. The van der Waals surface area contributed by atoms with Crippen molar-refractivity contribution in [2.75, 3.05) is 20.6 Å². The van der Waals surface area contributed by atoms with Crippen LogP contribution in [0.5, 0.6) is 0 Å². The van der Waals surface area contributed by atoms with Crippen LogP contribution in [-0.4, -0.2) is 36.6 Å². The molecule has 0 saturated carbocycles. The second-order valence-corrected chi connectivity index (χ2v) is 4.65. The number of nitrogens with one attached hydrogen (secondary N) is 2. The van der Waals surface area contributed by atoms with Crippen molar-refractivity contribution in [2.24, 2.45) is 0 Å². The van der Waals surface area contributed by atoms with Crippen molar-refractivity contribution in [3.05, 3.63) is 24.0 Å². The Hall–Kier alpha value is -0.800. The minimum atomic E-state index is 0.534. The molecule has 2 rings (SSSR count). The zero-order valence-corrected chi connectivity index (χ0v) is 9.66. The molecule has 84 valence electrons. The highest BCUT2D eigenvalue weighted by Gasteiger charge is 2.22. The van der Waals surface area contributed by atoms with Crippen LogP contribution < -0.4 is 5.32 Å². The van der Waals surface area contributed by atoms with Crippen molar-refractivity contribution < 1.29 is 0 Å². The summed E-state index contributed by atoms with van der Waals surface area (Å²) in [6.45, 7) is 1.19. The fourth-order valence-electron chi connectivity index (χ4n) is 2.42. The van der Waals surface area contributed by atoms with Gasteiger partial charge in [0.05, 0.1) is 0 Å².